The van der Waals surface area contributed by atoms with E-state index in [1.165, 1.54) is 12.1 Å². The Morgan fingerprint density at radius 3 is 2.52 bits per heavy atom. The number of sulfonamides is 1. The predicted molar refractivity (Wildman–Crippen MR) is 91.6 cm³/mol. The number of rotatable bonds is 7. The molecule has 3 N–H and O–H groups in total. The maximum Gasteiger partial charge on any atom is 0.208 e. The van der Waals surface area contributed by atoms with Crippen LogP contribution in [0, 0.1) is 5.82 Å². The fourth-order valence-corrected chi connectivity index (χ4v) is 2.43. The average Bonchev–Trinajstić information content (AvgIpc) is 2.45. The molecule has 1 rings (SSSR count). The summed E-state index contributed by atoms with van der Waals surface area (Å²) in [6.45, 7) is 5.25. The van der Waals surface area contributed by atoms with E-state index in [0.717, 1.165) is 11.8 Å². The molecule has 0 saturated heterocycles. The number of hydrogen-bond donors (Lipinski definition) is 3. The molecule has 0 radical (unpaired) electrons. The van der Waals surface area contributed by atoms with Gasteiger partial charge >= 0.3 is 0 Å². The van der Waals surface area contributed by atoms with E-state index in [-0.39, 0.29) is 17.8 Å². The lowest BCUT2D eigenvalue weighted by Gasteiger charge is -2.26. The molecule has 130 valence electrons. The Labute approximate surface area is 137 Å². The van der Waals surface area contributed by atoms with E-state index >= 15 is 0 Å². The Morgan fingerprint density at radius 2 is 1.96 bits per heavy atom. The molecule has 0 heterocycles. The highest BCUT2D eigenvalue weighted by atomic mass is 32.2. The summed E-state index contributed by atoms with van der Waals surface area (Å²) in [5.41, 5.74) is 0.601. The summed E-state index contributed by atoms with van der Waals surface area (Å²) in [4.78, 5) is 4.08. The van der Waals surface area contributed by atoms with E-state index in [9.17, 15) is 12.8 Å². The molecule has 0 aliphatic rings. The number of aliphatic imine (C=N–C) groups is 1. The van der Waals surface area contributed by atoms with E-state index < -0.39 is 10.0 Å². The van der Waals surface area contributed by atoms with Gasteiger partial charge in [0.15, 0.2) is 5.96 Å². The molecular formula is C15H25FN4O2S. The summed E-state index contributed by atoms with van der Waals surface area (Å²) in [6, 6.07) is 6.52. The molecule has 6 nitrogen and oxygen atoms in total. The van der Waals surface area contributed by atoms with Gasteiger partial charge < -0.3 is 10.6 Å². The van der Waals surface area contributed by atoms with Gasteiger partial charge in [0.25, 0.3) is 0 Å². The summed E-state index contributed by atoms with van der Waals surface area (Å²) >= 11 is 0. The Bertz CT molecular complexity index is 645. The lowest BCUT2D eigenvalue weighted by molar-refractivity contribution is 0.503. The highest BCUT2D eigenvalue weighted by molar-refractivity contribution is 7.88. The Morgan fingerprint density at radius 1 is 1.26 bits per heavy atom. The molecule has 0 saturated carbocycles. The van der Waals surface area contributed by atoms with E-state index in [1.807, 2.05) is 19.9 Å². The first-order valence-corrected chi connectivity index (χ1v) is 9.18. The van der Waals surface area contributed by atoms with Crippen molar-refractivity contribution >= 4 is 16.0 Å². The average molecular weight is 344 g/mol. The van der Waals surface area contributed by atoms with Crippen LogP contribution >= 0.6 is 0 Å². The number of hydrogen-bond acceptors (Lipinski definition) is 3. The number of halogens is 1. The molecular weight excluding hydrogens is 319 g/mol. The van der Waals surface area contributed by atoms with Gasteiger partial charge in [0.2, 0.25) is 10.0 Å². The van der Waals surface area contributed by atoms with Crippen molar-refractivity contribution in [3.63, 3.8) is 0 Å². The van der Waals surface area contributed by atoms with Crippen molar-refractivity contribution in [2.24, 2.45) is 4.99 Å². The third kappa shape index (κ3) is 7.43. The van der Waals surface area contributed by atoms with Crippen LogP contribution in [0.1, 0.15) is 19.4 Å². The zero-order valence-electron chi connectivity index (χ0n) is 14.0. The van der Waals surface area contributed by atoms with Gasteiger partial charge in [-0.3, -0.25) is 4.99 Å². The molecule has 0 aliphatic heterocycles. The summed E-state index contributed by atoms with van der Waals surface area (Å²) in [7, 11) is -1.56. The lowest BCUT2D eigenvalue weighted by Crippen LogP contribution is -2.45. The first-order valence-electron chi connectivity index (χ1n) is 7.29. The largest absolute Gasteiger partial charge is 0.356 e. The van der Waals surface area contributed by atoms with Crippen molar-refractivity contribution in [2.75, 3.05) is 32.9 Å². The van der Waals surface area contributed by atoms with Crippen molar-refractivity contribution in [3.05, 3.63) is 35.6 Å². The molecule has 0 fully saturated rings. The van der Waals surface area contributed by atoms with E-state index in [1.54, 1.807) is 13.1 Å². The predicted octanol–water partition coefficient (Wildman–Crippen LogP) is 0.818. The smallest absolute Gasteiger partial charge is 0.208 e. The van der Waals surface area contributed by atoms with Gasteiger partial charge in [0.1, 0.15) is 5.82 Å². The summed E-state index contributed by atoms with van der Waals surface area (Å²) in [5.74, 6) is 0.301. The normalized spacial score (nSPS) is 13.0. The van der Waals surface area contributed by atoms with Gasteiger partial charge in [-0.15, -0.1) is 0 Å². The molecule has 0 aliphatic carbocycles. The first-order chi connectivity index (χ1) is 10.6. The highest BCUT2D eigenvalue weighted by Crippen LogP contribution is 2.22. The first kappa shape index (κ1) is 19.4. The summed E-state index contributed by atoms with van der Waals surface area (Å²) in [5, 5.41) is 6.18. The van der Waals surface area contributed by atoms with E-state index in [4.69, 9.17) is 0 Å². The fraction of sp³-hybridized carbons (Fsp3) is 0.533. The molecule has 0 bridgehead atoms. The van der Waals surface area contributed by atoms with Crippen LogP contribution in [0.4, 0.5) is 4.39 Å². The number of nitrogens with one attached hydrogen (secondary N) is 3. The molecule has 1 aromatic rings. The molecule has 8 heteroatoms. The Kier molecular flexibility index (Phi) is 6.96. The van der Waals surface area contributed by atoms with Gasteiger partial charge in [0, 0.05) is 32.1 Å². The maximum atomic E-state index is 13.4. The lowest BCUT2D eigenvalue weighted by atomic mass is 9.84. The second kappa shape index (κ2) is 8.26. The van der Waals surface area contributed by atoms with Gasteiger partial charge in [-0.2, -0.15) is 0 Å². The van der Waals surface area contributed by atoms with Crippen LogP contribution < -0.4 is 15.4 Å². The van der Waals surface area contributed by atoms with Crippen molar-refractivity contribution in [1.82, 2.24) is 15.4 Å². The van der Waals surface area contributed by atoms with Crippen LogP contribution in [0.15, 0.2) is 29.3 Å². The number of guanidine groups is 1. The monoisotopic (exact) mass is 344 g/mol. The third-order valence-corrected chi connectivity index (χ3v) is 4.04. The van der Waals surface area contributed by atoms with E-state index in [0.29, 0.717) is 19.0 Å². The third-order valence-electron chi connectivity index (χ3n) is 3.31. The minimum Gasteiger partial charge on any atom is -0.356 e. The fourth-order valence-electron chi connectivity index (χ4n) is 1.95. The number of benzene rings is 1. The minimum absolute atomic E-state index is 0.259. The number of nitrogens with zero attached hydrogens (tertiary/aromatic N) is 1. The van der Waals surface area contributed by atoms with Crippen molar-refractivity contribution in [2.45, 2.75) is 19.3 Å². The van der Waals surface area contributed by atoms with E-state index in [2.05, 4.69) is 20.3 Å². The second-order valence-electron chi connectivity index (χ2n) is 5.91. The van der Waals surface area contributed by atoms with Crippen LogP contribution in [0.25, 0.3) is 0 Å². The Hall–Kier alpha value is -1.67. The summed E-state index contributed by atoms with van der Waals surface area (Å²) in [6.07, 6.45) is 1.11. The standard InChI is InChI=1S/C15H25FN4O2S/c1-15(2,12-6-5-7-13(16)10-12)11-19-14(17-3)18-8-9-20-23(4,21)22/h5-7,10,20H,8-9,11H2,1-4H3,(H2,17,18,19). The molecule has 0 unspecified atom stereocenters. The molecule has 0 spiro atoms. The zero-order valence-corrected chi connectivity index (χ0v) is 14.8. The van der Waals surface area contributed by atoms with Gasteiger partial charge in [-0.25, -0.2) is 17.5 Å². The van der Waals surface area contributed by atoms with Crippen LogP contribution in [0.2, 0.25) is 0 Å². The Balaban J connectivity index is 2.50. The van der Waals surface area contributed by atoms with Crippen molar-refractivity contribution in [1.29, 1.82) is 0 Å². The van der Waals surface area contributed by atoms with Gasteiger partial charge in [-0.05, 0) is 17.7 Å². The van der Waals surface area contributed by atoms with Crippen molar-refractivity contribution < 1.29 is 12.8 Å². The zero-order chi connectivity index (χ0) is 17.5. The maximum absolute atomic E-state index is 13.4. The summed E-state index contributed by atoms with van der Waals surface area (Å²) < 4.78 is 37.7. The molecule has 1 aromatic carbocycles. The minimum atomic E-state index is -3.19. The van der Waals surface area contributed by atoms with Crippen molar-refractivity contribution in [3.8, 4) is 0 Å². The topological polar surface area (TPSA) is 82.6 Å². The van der Waals surface area contributed by atoms with Crippen LogP contribution in [-0.2, 0) is 15.4 Å². The molecule has 0 atom stereocenters. The highest BCUT2D eigenvalue weighted by Gasteiger charge is 2.21. The molecule has 23 heavy (non-hydrogen) atoms. The molecule has 0 amide bonds. The molecule has 0 aromatic heterocycles. The quantitative estimate of drug-likeness (QED) is 0.388. The van der Waals surface area contributed by atoms with Crippen LogP contribution in [-0.4, -0.2) is 47.3 Å². The second-order valence-corrected chi connectivity index (χ2v) is 7.75. The van der Waals surface area contributed by atoms with Gasteiger partial charge in [0.05, 0.1) is 6.26 Å². The van der Waals surface area contributed by atoms with Crippen LogP contribution in [0.5, 0.6) is 0 Å². The van der Waals surface area contributed by atoms with Gasteiger partial charge in [-0.1, -0.05) is 26.0 Å². The van der Waals surface area contributed by atoms with Crippen LogP contribution in [0.3, 0.4) is 0 Å². The SMILES string of the molecule is CN=C(NCCNS(C)(=O)=O)NCC(C)(C)c1cccc(F)c1.